The second-order valence-electron chi connectivity index (χ2n) is 7.60. The zero-order chi connectivity index (χ0) is 22.3. The molecular formula is C26H26Cl2N2O2. The van der Waals surface area contributed by atoms with E-state index in [2.05, 4.69) is 29.6 Å². The zero-order valence-electron chi connectivity index (χ0n) is 17.9. The van der Waals surface area contributed by atoms with Gasteiger partial charge in [0.1, 0.15) is 24.2 Å². The van der Waals surface area contributed by atoms with Crippen molar-refractivity contribution < 1.29 is 9.57 Å². The van der Waals surface area contributed by atoms with E-state index in [1.54, 1.807) is 0 Å². The van der Waals surface area contributed by atoms with Crippen LogP contribution in [0, 0.1) is 0 Å². The number of hydrogen-bond donors (Lipinski definition) is 1. The molecule has 0 saturated heterocycles. The molecule has 32 heavy (non-hydrogen) atoms. The lowest BCUT2D eigenvalue weighted by Gasteiger charge is -2.26. The zero-order valence-corrected chi connectivity index (χ0v) is 19.4. The fourth-order valence-corrected chi connectivity index (χ4v) is 4.29. The Balaban J connectivity index is 1.30. The lowest BCUT2D eigenvalue weighted by molar-refractivity contribution is 0.196. The van der Waals surface area contributed by atoms with E-state index in [0.29, 0.717) is 16.7 Å². The van der Waals surface area contributed by atoms with Gasteiger partial charge in [-0.15, -0.1) is 0 Å². The van der Waals surface area contributed by atoms with Crippen molar-refractivity contribution in [1.82, 2.24) is 5.32 Å². The maximum absolute atomic E-state index is 6.45. The van der Waals surface area contributed by atoms with E-state index in [1.807, 2.05) is 66.6 Å². The Morgan fingerprint density at radius 3 is 2.34 bits per heavy atom. The van der Waals surface area contributed by atoms with Gasteiger partial charge >= 0.3 is 0 Å². The first-order chi connectivity index (χ1) is 15.6. The van der Waals surface area contributed by atoms with Gasteiger partial charge in [-0.2, -0.15) is 5.06 Å². The monoisotopic (exact) mass is 468 g/mol. The Kier molecular flexibility index (Phi) is 7.59. The smallest absolute Gasteiger partial charge is 0.127 e. The predicted molar refractivity (Wildman–Crippen MR) is 131 cm³/mol. The van der Waals surface area contributed by atoms with Crippen LogP contribution in [0.4, 0.5) is 5.69 Å². The van der Waals surface area contributed by atoms with Crippen LogP contribution in [0.5, 0.6) is 5.75 Å². The van der Waals surface area contributed by atoms with Gasteiger partial charge < -0.3 is 14.9 Å². The minimum absolute atomic E-state index is 0.173. The summed E-state index contributed by atoms with van der Waals surface area (Å²) in [4.78, 5) is 5.98. The summed E-state index contributed by atoms with van der Waals surface area (Å²) in [5.41, 5.74) is 3.05. The standard InChI is InChI=1S/C26H26Cl2N2O2/c1-19-18-25(26-23(27)8-5-9-24(26)28)30(32-19)21-12-10-20(11-13-21)14-15-29-16-17-31-22-6-3-2-4-7-22/h2-13,18,25,29H,14-17H2,1H3. The molecule has 0 radical (unpaired) electrons. The molecule has 1 unspecified atom stereocenters. The maximum Gasteiger partial charge on any atom is 0.127 e. The molecule has 0 fully saturated rings. The van der Waals surface area contributed by atoms with Crippen LogP contribution in [-0.2, 0) is 11.3 Å². The van der Waals surface area contributed by atoms with Crippen molar-refractivity contribution in [2.24, 2.45) is 0 Å². The summed E-state index contributed by atoms with van der Waals surface area (Å²) in [7, 11) is 0. The highest BCUT2D eigenvalue weighted by molar-refractivity contribution is 6.36. The van der Waals surface area contributed by atoms with Gasteiger partial charge in [0.05, 0.1) is 5.69 Å². The van der Waals surface area contributed by atoms with Crippen LogP contribution in [0.1, 0.15) is 24.1 Å². The molecule has 0 spiro atoms. The van der Waals surface area contributed by atoms with Crippen LogP contribution >= 0.6 is 23.2 Å². The molecule has 166 valence electrons. The number of halogens is 2. The van der Waals surface area contributed by atoms with Crippen molar-refractivity contribution in [3.05, 3.63) is 106 Å². The second kappa shape index (κ2) is 10.8. The van der Waals surface area contributed by atoms with E-state index in [-0.39, 0.29) is 6.04 Å². The summed E-state index contributed by atoms with van der Waals surface area (Å²) in [6, 6.07) is 23.6. The van der Waals surface area contributed by atoms with Crippen molar-refractivity contribution in [3.63, 3.8) is 0 Å². The number of rotatable bonds is 9. The molecule has 0 amide bonds. The molecule has 1 aliphatic heterocycles. The van der Waals surface area contributed by atoms with E-state index >= 15 is 0 Å². The van der Waals surface area contributed by atoms with Gasteiger partial charge in [-0.1, -0.05) is 59.6 Å². The van der Waals surface area contributed by atoms with Crippen LogP contribution in [0.2, 0.25) is 10.0 Å². The van der Waals surface area contributed by atoms with Crippen molar-refractivity contribution in [2.45, 2.75) is 19.4 Å². The van der Waals surface area contributed by atoms with E-state index < -0.39 is 0 Å². The van der Waals surface area contributed by atoms with Crippen LogP contribution < -0.4 is 15.1 Å². The van der Waals surface area contributed by atoms with Crippen molar-refractivity contribution >= 4 is 28.9 Å². The fourth-order valence-electron chi connectivity index (χ4n) is 3.66. The molecule has 0 aromatic heterocycles. The quantitative estimate of drug-likeness (QED) is 0.358. The number of nitrogens with zero attached hydrogens (tertiary/aromatic N) is 1. The summed E-state index contributed by atoms with van der Waals surface area (Å²) < 4.78 is 5.70. The third kappa shape index (κ3) is 5.57. The van der Waals surface area contributed by atoms with Gasteiger partial charge in [-0.3, -0.25) is 0 Å². The number of anilines is 1. The number of allylic oxidation sites excluding steroid dienone is 1. The highest BCUT2D eigenvalue weighted by Crippen LogP contribution is 2.41. The minimum atomic E-state index is -0.173. The van der Waals surface area contributed by atoms with Crippen LogP contribution in [0.25, 0.3) is 0 Å². The molecule has 1 N–H and O–H groups in total. The Hall–Kier alpha value is -2.66. The number of para-hydroxylation sites is 1. The summed E-state index contributed by atoms with van der Waals surface area (Å²) >= 11 is 12.9. The Labute approximate surface area is 199 Å². The third-order valence-corrected chi connectivity index (χ3v) is 5.91. The molecule has 0 saturated carbocycles. The SMILES string of the molecule is CC1=CC(c2c(Cl)cccc2Cl)N(c2ccc(CCNCCOc3ccccc3)cc2)O1. The van der Waals surface area contributed by atoms with Crippen LogP contribution in [0.15, 0.2) is 84.6 Å². The highest BCUT2D eigenvalue weighted by atomic mass is 35.5. The van der Waals surface area contributed by atoms with E-state index in [1.165, 1.54) is 5.56 Å². The average Bonchev–Trinajstić information content (AvgIpc) is 3.18. The number of hydroxylamine groups is 1. The van der Waals surface area contributed by atoms with Crippen molar-refractivity contribution in [3.8, 4) is 5.75 Å². The molecule has 1 heterocycles. The minimum Gasteiger partial charge on any atom is -0.492 e. The van der Waals surface area contributed by atoms with Crippen LogP contribution in [-0.4, -0.2) is 19.7 Å². The Bertz CT molecular complexity index is 1030. The van der Waals surface area contributed by atoms with Crippen LogP contribution in [0.3, 0.4) is 0 Å². The molecule has 1 atom stereocenters. The molecule has 1 aliphatic rings. The predicted octanol–water partition coefficient (Wildman–Crippen LogP) is 6.60. The average molecular weight is 469 g/mol. The molecule has 0 aliphatic carbocycles. The van der Waals surface area contributed by atoms with Gasteiger partial charge in [0.15, 0.2) is 0 Å². The van der Waals surface area contributed by atoms with Gasteiger partial charge in [0.2, 0.25) is 0 Å². The summed E-state index contributed by atoms with van der Waals surface area (Å²) in [6.07, 6.45) is 2.96. The summed E-state index contributed by atoms with van der Waals surface area (Å²) in [5, 5.41) is 6.53. The fraction of sp³-hybridized carbons (Fsp3) is 0.231. The highest BCUT2D eigenvalue weighted by Gasteiger charge is 2.30. The van der Waals surface area contributed by atoms with E-state index in [9.17, 15) is 0 Å². The molecule has 6 heteroatoms. The first-order valence-electron chi connectivity index (χ1n) is 10.7. The summed E-state index contributed by atoms with van der Waals surface area (Å²) in [6.45, 7) is 4.27. The largest absolute Gasteiger partial charge is 0.492 e. The summed E-state index contributed by atoms with van der Waals surface area (Å²) in [5.74, 6) is 1.71. The molecule has 3 aromatic carbocycles. The maximum atomic E-state index is 6.45. The van der Waals surface area contributed by atoms with Crippen molar-refractivity contribution in [2.75, 3.05) is 24.8 Å². The number of hydrogen-bond acceptors (Lipinski definition) is 4. The molecular weight excluding hydrogens is 443 g/mol. The molecule has 0 bridgehead atoms. The molecule has 4 nitrogen and oxygen atoms in total. The second-order valence-corrected chi connectivity index (χ2v) is 8.42. The number of ether oxygens (including phenoxy) is 1. The van der Waals surface area contributed by atoms with Gasteiger partial charge in [0.25, 0.3) is 0 Å². The first kappa shape index (κ1) is 22.5. The van der Waals surface area contributed by atoms with Gasteiger partial charge in [-0.25, -0.2) is 0 Å². The number of nitrogens with one attached hydrogen (secondary N) is 1. The molecule has 3 aromatic rings. The lowest BCUT2D eigenvalue weighted by atomic mass is 10.0. The Morgan fingerprint density at radius 1 is 0.906 bits per heavy atom. The third-order valence-electron chi connectivity index (χ3n) is 5.26. The van der Waals surface area contributed by atoms with E-state index in [4.69, 9.17) is 32.8 Å². The van der Waals surface area contributed by atoms with Gasteiger partial charge in [0, 0.05) is 22.2 Å². The normalized spacial score (nSPS) is 15.4. The molecule has 4 rings (SSSR count). The lowest BCUT2D eigenvalue weighted by Crippen LogP contribution is -2.24. The Morgan fingerprint density at radius 2 is 1.62 bits per heavy atom. The van der Waals surface area contributed by atoms with Gasteiger partial charge in [-0.05, 0) is 67.9 Å². The first-order valence-corrected chi connectivity index (χ1v) is 11.4. The number of benzene rings is 3. The van der Waals surface area contributed by atoms with E-state index in [0.717, 1.165) is 42.3 Å². The topological polar surface area (TPSA) is 33.7 Å². The van der Waals surface area contributed by atoms with Crippen molar-refractivity contribution in [1.29, 1.82) is 0 Å².